The van der Waals surface area contributed by atoms with Crippen LogP contribution in [-0.4, -0.2) is 83.6 Å². The summed E-state index contributed by atoms with van der Waals surface area (Å²) in [6, 6.07) is 19.8. The molecule has 1 fully saturated rings. The number of hydrogen-bond acceptors (Lipinski definition) is 8. The largest absolute Gasteiger partial charge is 0.377 e. The van der Waals surface area contributed by atoms with Crippen molar-refractivity contribution in [2.75, 3.05) is 70.0 Å². The smallest absolute Gasteiger partial charge is 0.243 e. The van der Waals surface area contributed by atoms with Crippen molar-refractivity contribution in [3.8, 4) is 0 Å². The number of sulfonamides is 1. The van der Waals surface area contributed by atoms with Gasteiger partial charge >= 0.3 is 0 Å². The minimum atomic E-state index is -3.62. The van der Waals surface area contributed by atoms with E-state index in [2.05, 4.69) is 16.7 Å². The number of hydrogen-bond donors (Lipinski definition) is 2. The summed E-state index contributed by atoms with van der Waals surface area (Å²) in [6.45, 7) is 1.91. The topological polar surface area (TPSA) is 93.7 Å². The molecule has 2 N–H and O–H groups in total. The highest BCUT2D eigenvalue weighted by atomic mass is 32.2. The van der Waals surface area contributed by atoms with Crippen molar-refractivity contribution >= 4 is 49.2 Å². The Balaban J connectivity index is 1.11. The van der Waals surface area contributed by atoms with Gasteiger partial charge in [0.15, 0.2) is 0 Å². The molecule has 10 heteroatoms. The van der Waals surface area contributed by atoms with E-state index >= 15 is 0 Å². The van der Waals surface area contributed by atoms with Crippen molar-refractivity contribution in [2.24, 2.45) is 5.92 Å². The Labute approximate surface area is 250 Å². The molecule has 42 heavy (non-hydrogen) atoms. The van der Waals surface area contributed by atoms with E-state index in [-0.39, 0.29) is 0 Å². The second-order valence-corrected chi connectivity index (χ2v) is 13.7. The molecule has 1 aliphatic rings. The van der Waals surface area contributed by atoms with E-state index in [4.69, 9.17) is 9.97 Å². The van der Waals surface area contributed by atoms with Gasteiger partial charge in [0, 0.05) is 76.2 Å². The van der Waals surface area contributed by atoms with E-state index in [0.29, 0.717) is 35.9 Å². The Morgan fingerprint density at radius 2 is 1.48 bits per heavy atom. The molecule has 0 aliphatic heterocycles. The quantitative estimate of drug-likeness (QED) is 0.241. The molecular formula is C32H43N7O2S. The molecule has 9 nitrogen and oxygen atoms in total. The van der Waals surface area contributed by atoms with Crippen LogP contribution in [0.5, 0.6) is 0 Å². The van der Waals surface area contributed by atoms with E-state index in [1.807, 2.05) is 86.5 Å². The minimum absolute atomic E-state index is 0.349. The van der Waals surface area contributed by atoms with Crippen LogP contribution in [0.1, 0.15) is 25.7 Å². The van der Waals surface area contributed by atoms with E-state index in [1.54, 1.807) is 13.1 Å². The lowest BCUT2D eigenvalue weighted by atomic mass is 9.86. The molecule has 3 aromatic carbocycles. The molecule has 1 aliphatic carbocycles. The highest BCUT2D eigenvalue weighted by Crippen LogP contribution is 2.32. The molecular weight excluding hydrogens is 546 g/mol. The van der Waals surface area contributed by atoms with Gasteiger partial charge in [-0.15, -0.1) is 0 Å². The number of aromatic nitrogens is 2. The van der Waals surface area contributed by atoms with E-state index < -0.39 is 10.0 Å². The third-order valence-corrected chi connectivity index (χ3v) is 10.2. The maximum atomic E-state index is 13.5. The third kappa shape index (κ3) is 6.45. The van der Waals surface area contributed by atoms with Crippen LogP contribution in [0.25, 0.3) is 21.7 Å². The molecule has 4 aromatic rings. The maximum absolute atomic E-state index is 13.5. The van der Waals surface area contributed by atoms with Crippen LogP contribution in [0, 0.1) is 5.92 Å². The standard InChI is InChI=1S/C32H43N7O2S/c1-37(2)29-14-8-12-26-25(29)11-9-15-30(26)42(40,41)39(5)21-20-33-22-23-16-18-24(19-17-23)34-32-35-28-13-7-6-10-27(28)31(36-32)38(3)4/h6-15,23-24,33H,16-22H2,1-5H3,(H,34,35,36)/t23-,24+. The Kier molecular flexibility index (Phi) is 9.15. The first kappa shape index (κ1) is 30.0. The first-order chi connectivity index (χ1) is 20.1. The number of fused-ring (bicyclic) bond motifs is 2. The SMILES string of the molecule is CN(C)c1nc(N[C@H]2CC[C@@H](CNCCN(C)S(=O)(=O)c3cccc4c(N(C)C)cccc34)CC2)nc2ccccc12. The number of nitrogens with one attached hydrogen (secondary N) is 2. The molecule has 224 valence electrons. The first-order valence-electron chi connectivity index (χ1n) is 14.7. The zero-order valence-electron chi connectivity index (χ0n) is 25.3. The first-order valence-corrected chi connectivity index (χ1v) is 16.2. The fraction of sp³-hybridized carbons (Fsp3) is 0.438. The van der Waals surface area contributed by atoms with Crippen molar-refractivity contribution in [3.63, 3.8) is 0 Å². The Morgan fingerprint density at radius 1 is 0.786 bits per heavy atom. The molecule has 5 rings (SSSR count). The lowest BCUT2D eigenvalue weighted by molar-refractivity contribution is 0.321. The van der Waals surface area contributed by atoms with Crippen LogP contribution in [0.3, 0.4) is 0 Å². The van der Waals surface area contributed by atoms with Crippen molar-refractivity contribution < 1.29 is 8.42 Å². The van der Waals surface area contributed by atoms with Crippen LogP contribution in [0.4, 0.5) is 17.5 Å². The number of anilines is 3. The van der Waals surface area contributed by atoms with Gasteiger partial charge in [-0.3, -0.25) is 0 Å². The maximum Gasteiger partial charge on any atom is 0.243 e. The third-order valence-electron chi connectivity index (χ3n) is 8.25. The van der Waals surface area contributed by atoms with Gasteiger partial charge in [-0.25, -0.2) is 13.4 Å². The summed E-state index contributed by atoms with van der Waals surface area (Å²) in [5.41, 5.74) is 1.95. The molecule has 1 heterocycles. The van der Waals surface area contributed by atoms with Gasteiger partial charge in [0.05, 0.1) is 10.4 Å². The zero-order chi connectivity index (χ0) is 29.9. The predicted octanol–water partition coefficient (Wildman–Crippen LogP) is 4.80. The predicted molar refractivity (Wildman–Crippen MR) is 174 cm³/mol. The summed E-state index contributed by atoms with van der Waals surface area (Å²) in [7, 11) is 6.00. The minimum Gasteiger partial charge on any atom is -0.377 e. The number of para-hydroxylation sites is 1. The summed E-state index contributed by atoms with van der Waals surface area (Å²) in [4.78, 5) is 13.9. The molecule has 0 radical (unpaired) electrons. The molecule has 0 amide bonds. The lowest BCUT2D eigenvalue weighted by Gasteiger charge is -2.30. The molecule has 1 aromatic heterocycles. The summed E-state index contributed by atoms with van der Waals surface area (Å²) in [5.74, 6) is 2.18. The molecule has 0 unspecified atom stereocenters. The number of benzene rings is 3. The van der Waals surface area contributed by atoms with Crippen LogP contribution < -0.4 is 20.4 Å². The molecule has 0 bridgehead atoms. The van der Waals surface area contributed by atoms with E-state index in [9.17, 15) is 8.42 Å². The summed E-state index contributed by atoms with van der Waals surface area (Å²) >= 11 is 0. The number of rotatable bonds is 11. The van der Waals surface area contributed by atoms with Gasteiger partial charge in [-0.05, 0) is 62.4 Å². The van der Waals surface area contributed by atoms with Gasteiger partial charge in [0.1, 0.15) is 5.82 Å². The second-order valence-electron chi connectivity index (χ2n) is 11.7. The van der Waals surface area contributed by atoms with Gasteiger partial charge in [-0.2, -0.15) is 9.29 Å². The normalized spacial score (nSPS) is 17.6. The molecule has 0 spiro atoms. The van der Waals surface area contributed by atoms with E-state index in [0.717, 1.165) is 65.4 Å². The average Bonchev–Trinajstić information content (AvgIpc) is 2.98. The van der Waals surface area contributed by atoms with Gasteiger partial charge in [0.2, 0.25) is 16.0 Å². The monoisotopic (exact) mass is 589 g/mol. The Hall–Kier alpha value is -3.47. The van der Waals surface area contributed by atoms with Gasteiger partial charge in [0.25, 0.3) is 0 Å². The summed E-state index contributed by atoms with van der Waals surface area (Å²) in [5, 5.41) is 9.83. The summed E-state index contributed by atoms with van der Waals surface area (Å²) < 4.78 is 28.5. The average molecular weight is 590 g/mol. The van der Waals surface area contributed by atoms with Crippen LogP contribution in [0.15, 0.2) is 65.6 Å². The fourth-order valence-corrected chi connectivity index (χ4v) is 7.24. The zero-order valence-corrected chi connectivity index (χ0v) is 26.2. The van der Waals surface area contributed by atoms with E-state index in [1.165, 1.54) is 4.31 Å². The van der Waals surface area contributed by atoms with Crippen molar-refractivity contribution in [2.45, 2.75) is 36.6 Å². The fourth-order valence-electron chi connectivity index (χ4n) is 5.87. The number of likely N-dealkylation sites (N-methyl/N-ethyl adjacent to an activating group) is 1. The van der Waals surface area contributed by atoms with Crippen molar-refractivity contribution in [1.82, 2.24) is 19.6 Å². The van der Waals surface area contributed by atoms with Gasteiger partial charge < -0.3 is 20.4 Å². The number of nitrogens with zero attached hydrogens (tertiary/aromatic N) is 5. The summed E-state index contributed by atoms with van der Waals surface area (Å²) in [6.07, 6.45) is 4.34. The molecule has 1 saturated carbocycles. The lowest BCUT2D eigenvalue weighted by Crippen LogP contribution is -2.37. The highest BCUT2D eigenvalue weighted by Gasteiger charge is 2.25. The Morgan fingerprint density at radius 3 is 2.21 bits per heavy atom. The van der Waals surface area contributed by atoms with Crippen LogP contribution in [0.2, 0.25) is 0 Å². The van der Waals surface area contributed by atoms with Gasteiger partial charge in [-0.1, -0.05) is 36.4 Å². The van der Waals surface area contributed by atoms with Crippen LogP contribution in [-0.2, 0) is 10.0 Å². The second kappa shape index (κ2) is 12.8. The Bertz CT molecular complexity index is 1630. The van der Waals surface area contributed by atoms with Crippen LogP contribution >= 0.6 is 0 Å². The molecule has 0 atom stereocenters. The highest BCUT2D eigenvalue weighted by molar-refractivity contribution is 7.89. The van der Waals surface area contributed by atoms with Crippen molar-refractivity contribution in [1.29, 1.82) is 0 Å². The van der Waals surface area contributed by atoms with Crippen molar-refractivity contribution in [3.05, 3.63) is 60.7 Å². The molecule has 0 saturated heterocycles.